The molecule has 0 radical (unpaired) electrons. The Bertz CT molecular complexity index is 1670. The summed E-state index contributed by atoms with van der Waals surface area (Å²) in [4.78, 5) is 9.52. The molecule has 3 aromatic heterocycles. The number of H-pyrrole nitrogens is 1. The first kappa shape index (κ1) is 27.6. The first-order chi connectivity index (χ1) is 19.1. The zero-order valence-electron chi connectivity index (χ0n) is 22.0. The fourth-order valence-electron chi connectivity index (χ4n) is 4.87. The van der Waals surface area contributed by atoms with Crippen molar-refractivity contribution in [2.75, 3.05) is 32.0 Å². The molecule has 0 amide bonds. The molecule has 2 N–H and O–H groups in total. The second-order valence-corrected chi connectivity index (χ2v) is 11.3. The summed E-state index contributed by atoms with van der Waals surface area (Å²) in [7, 11) is -1.35. The van der Waals surface area contributed by atoms with Crippen molar-refractivity contribution in [2.45, 2.75) is 37.2 Å². The summed E-state index contributed by atoms with van der Waals surface area (Å²) in [6, 6.07) is 2.53. The number of nitrogens with zero attached hydrogens (tertiary/aromatic N) is 4. The van der Waals surface area contributed by atoms with Crippen molar-refractivity contribution in [3.63, 3.8) is 0 Å². The minimum atomic E-state index is -4.55. The molecule has 1 aliphatic rings. The molecule has 1 saturated heterocycles. The number of anilines is 1. The first-order valence-corrected chi connectivity index (χ1v) is 13.9. The molecule has 1 fully saturated rings. The average molecular weight is 577 g/mol. The highest BCUT2D eigenvalue weighted by Crippen LogP contribution is 2.39. The van der Waals surface area contributed by atoms with Gasteiger partial charge in [0.2, 0.25) is 5.88 Å². The van der Waals surface area contributed by atoms with Crippen LogP contribution in [0.5, 0.6) is 11.6 Å². The van der Waals surface area contributed by atoms with E-state index >= 15 is 4.39 Å². The molecule has 10 nitrogen and oxygen atoms in total. The number of aryl methyl sites for hydroxylation is 1. The highest BCUT2D eigenvalue weighted by Gasteiger charge is 2.28. The van der Waals surface area contributed by atoms with E-state index in [9.17, 15) is 17.2 Å². The third kappa shape index (κ3) is 5.28. The summed E-state index contributed by atoms with van der Waals surface area (Å²) in [6.45, 7) is 3.09. The largest absolute Gasteiger partial charge is 0.487 e. The number of pyridine rings is 2. The SMILES string of the molecule is COc1ncc(F)cc1S(=O)(=O)Nc1ccc(F)c(COc2cnc3n[nH]c(C)c3c2C2CCN(C)CC2)c1F. The van der Waals surface area contributed by atoms with Gasteiger partial charge in [0, 0.05) is 22.7 Å². The Balaban J connectivity index is 1.46. The molecule has 5 rings (SSSR count). The number of piperidine rings is 1. The molecule has 1 aromatic carbocycles. The van der Waals surface area contributed by atoms with Gasteiger partial charge in [0.25, 0.3) is 10.0 Å². The van der Waals surface area contributed by atoms with E-state index in [1.54, 1.807) is 0 Å². The van der Waals surface area contributed by atoms with Crippen LogP contribution in [-0.4, -0.2) is 60.7 Å². The number of halogens is 3. The third-order valence-electron chi connectivity index (χ3n) is 6.96. The van der Waals surface area contributed by atoms with Crippen molar-refractivity contribution in [1.29, 1.82) is 0 Å². The minimum absolute atomic E-state index is 0.121. The number of nitrogens with one attached hydrogen (secondary N) is 2. The molecule has 0 aliphatic carbocycles. The van der Waals surface area contributed by atoms with Crippen molar-refractivity contribution < 1.29 is 31.1 Å². The summed E-state index contributed by atoms with van der Waals surface area (Å²) in [5, 5.41) is 7.99. The number of methoxy groups -OCH3 is 1. The lowest BCUT2D eigenvalue weighted by molar-refractivity contribution is 0.247. The molecule has 40 heavy (non-hydrogen) atoms. The Kier molecular flexibility index (Phi) is 7.55. The van der Waals surface area contributed by atoms with Crippen molar-refractivity contribution in [3.05, 3.63) is 64.9 Å². The van der Waals surface area contributed by atoms with E-state index in [1.165, 1.54) is 6.20 Å². The van der Waals surface area contributed by atoms with Gasteiger partial charge in [-0.2, -0.15) is 5.10 Å². The van der Waals surface area contributed by atoms with Crippen LogP contribution in [0.3, 0.4) is 0 Å². The Morgan fingerprint density at radius 1 is 1.15 bits per heavy atom. The molecule has 0 bridgehead atoms. The number of aromatic amines is 1. The third-order valence-corrected chi connectivity index (χ3v) is 8.32. The number of aromatic nitrogens is 4. The lowest BCUT2D eigenvalue weighted by atomic mass is 9.87. The molecule has 1 aliphatic heterocycles. The molecule has 0 spiro atoms. The Hall–Kier alpha value is -3.91. The molecular formula is C26H27F3N6O4S. The van der Waals surface area contributed by atoms with Gasteiger partial charge in [0.05, 0.1) is 30.8 Å². The van der Waals surface area contributed by atoms with Gasteiger partial charge in [-0.3, -0.25) is 9.82 Å². The van der Waals surface area contributed by atoms with Crippen LogP contribution in [-0.2, 0) is 16.6 Å². The molecule has 0 unspecified atom stereocenters. The van der Waals surface area contributed by atoms with Crippen LogP contribution in [0.15, 0.2) is 35.5 Å². The number of likely N-dealkylation sites (tertiary alicyclic amines) is 1. The second-order valence-electron chi connectivity index (χ2n) is 9.60. The maximum Gasteiger partial charge on any atom is 0.267 e. The van der Waals surface area contributed by atoms with Crippen molar-refractivity contribution in [2.24, 2.45) is 0 Å². The molecule has 212 valence electrons. The van der Waals surface area contributed by atoms with Crippen LogP contribution in [0.4, 0.5) is 18.9 Å². The summed E-state index contributed by atoms with van der Waals surface area (Å²) < 4.78 is 82.8. The summed E-state index contributed by atoms with van der Waals surface area (Å²) in [5.41, 5.74) is 1.14. The van der Waals surface area contributed by atoms with Crippen molar-refractivity contribution in [3.8, 4) is 11.6 Å². The molecule has 0 atom stereocenters. The van der Waals surface area contributed by atoms with E-state index in [4.69, 9.17) is 9.47 Å². The van der Waals surface area contributed by atoms with E-state index in [0.29, 0.717) is 17.5 Å². The van der Waals surface area contributed by atoms with Gasteiger partial charge in [-0.15, -0.1) is 0 Å². The summed E-state index contributed by atoms with van der Waals surface area (Å²) >= 11 is 0. The minimum Gasteiger partial charge on any atom is -0.487 e. The topological polar surface area (TPSA) is 122 Å². The maximum absolute atomic E-state index is 15.5. The quantitative estimate of drug-likeness (QED) is 0.319. The molecule has 4 heterocycles. The fraction of sp³-hybridized carbons (Fsp3) is 0.346. The van der Waals surface area contributed by atoms with Crippen molar-refractivity contribution >= 4 is 26.7 Å². The van der Waals surface area contributed by atoms with E-state index in [2.05, 4.69) is 25.1 Å². The number of sulfonamides is 1. The average Bonchev–Trinajstić information content (AvgIpc) is 3.31. The van der Waals surface area contributed by atoms with Gasteiger partial charge >= 0.3 is 0 Å². The van der Waals surface area contributed by atoms with E-state index in [0.717, 1.165) is 68.0 Å². The van der Waals surface area contributed by atoms with E-state index in [1.807, 2.05) is 18.7 Å². The summed E-state index contributed by atoms with van der Waals surface area (Å²) in [6.07, 6.45) is 3.98. The second kappa shape index (κ2) is 10.9. The Labute approximate surface area is 228 Å². The predicted molar refractivity (Wildman–Crippen MR) is 140 cm³/mol. The zero-order valence-corrected chi connectivity index (χ0v) is 22.8. The van der Waals surface area contributed by atoms with Gasteiger partial charge in [-0.05, 0) is 58.0 Å². The number of hydrogen-bond donors (Lipinski definition) is 2. The van der Waals surface area contributed by atoms with Crippen LogP contribution >= 0.6 is 0 Å². The van der Waals surface area contributed by atoms with E-state index < -0.39 is 50.2 Å². The first-order valence-electron chi connectivity index (χ1n) is 12.4. The maximum atomic E-state index is 15.5. The molecule has 14 heteroatoms. The Morgan fingerprint density at radius 2 is 1.90 bits per heavy atom. The molecular weight excluding hydrogens is 549 g/mol. The number of benzene rings is 1. The highest BCUT2D eigenvalue weighted by atomic mass is 32.2. The van der Waals surface area contributed by atoms with Gasteiger partial charge in [0.15, 0.2) is 16.4 Å². The standard InChI is InChI=1S/C26H27F3N6O4S/c1-14-22-23(15-6-8-35(2)9-7-15)20(12-30-25(22)33-32-14)39-13-17-18(28)4-5-19(24(17)29)34-40(36,37)21-10-16(27)11-31-26(21)38-3/h4-5,10-12,15,34H,6-9,13H2,1-3H3,(H,30,32,33). The number of ether oxygens (including phenoxy) is 2. The smallest absolute Gasteiger partial charge is 0.267 e. The van der Waals surface area contributed by atoms with Gasteiger partial charge in [0.1, 0.15) is 24.0 Å². The van der Waals surface area contributed by atoms with Gasteiger partial charge in [-0.1, -0.05) is 0 Å². The zero-order chi connectivity index (χ0) is 28.6. The van der Waals surface area contributed by atoms with Crippen LogP contribution in [0.25, 0.3) is 11.0 Å². The summed E-state index contributed by atoms with van der Waals surface area (Å²) in [5.74, 6) is -2.95. The van der Waals surface area contributed by atoms with Crippen molar-refractivity contribution in [1.82, 2.24) is 25.1 Å². The van der Waals surface area contributed by atoms with Crippen LogP contribution < -0.4 is 14.2 Å². The van der Waals surface area contributed by atoms with E-state index in [-0.39, 0.29) is 11.8 Å². The lowest BCUT2D eigenvalue weighted by Crippen LogP contribution is -2.29. The highest BCUT2D eigenvalue weighted by molar-refractivity contribution is 7.92. The fourth-order valence-corrected chi connectivity index (χ4v) is 6.07. The van der Waals surface area contributed by atoms with Crippen LogP contribution in [0, 0.1) is 24.4 Å². The molecule has 4 aromatic rings. The van der Waals surface area contributed by atoms with Crippen LogP contribution in [0.2, 0.25) is 0 Å². The lowest BCUT2D eigenvalue weighted by Gasteiger charge is -2.30. The number of fused-ring (bicyclic) bond motifs is 1. The van der Waals surface area contributed by atoms with Crippen LogP contribution in [0.1, 0.15) is 35.6 Å². The monoisotopic (exact) mass is 576 g/mol. The number of hydrogen-bond acceptors (Lipinski definition) is 8. The number of rotatable bonds is 8. The van der Waals surface area contributed by atoms with Gasteiger partial charge < -0.3 is 14.4 Å². The Morgan fingerprint density at radius 3 is 2.62 bits per heavy atom. The predicted octanol–water partition coefficient (Wildman–Crippen LogP) is 4.28. The molecule has 0 saturated carbocycles. The normalized spacial score (nSPS) is 14.9. The van der Waals surface area contributed by atoms with Gasteiger partial charge in [-0.25, -0.2) is 31.6 Å².